The van der Waals surface area contributed by atoms with E-state index in [1.165, 1.54) is 0 Å². The molecule has 1 aromatic carbocycles. The molecule has 0 N–H and O–H groups in total. The number of hydrogen-bond donors (Lipinski definition) is 0. The molecule has 0 atom stereocenters. The number of rotatable bonds is 5. The van der Waals surface area contributed by atoms with E-state index in [4.69, 9.17) is 16.3 Å². The molecule has 0 bridgehead atoms. The zero-order valence-electron chi connectivity index (χ0n) is 16.7. The molecule has 0 aliphatic heterocycles. The van der Waals surface area contributed by atoms with E-state index in [0.717, 1.165) is 16.7 Å². The number of Topliss-reactive ketones (excluding diaryl/α,β-unsaturated/α-hetero) is 1. The number of aromatic nitrogens is 1. The molecule has 0 fully saturated rings. The molecule has 0 amide bonds. The summed E-state index contributed by atoms with van der Waals surface area (Å²) in [6, 6.07) is 8.01. The molecule has 2 aromatic rings. The van der Waals surface area contributed by atoms with Crippen molar-refractivity contribution in [2.24, 2.45) is 0 Å². The zero-order chi connectivity index (χ0) is 20.4. The quantitative estimate of drug-likeness (QED) is 0.556. The summed E-state index contributed by atoms with van der Waals surface area (Å²) in [5.41, 5.74) is 4.34. The first kappa shape index (κ1) is 20.2. The van der Waals surface area contributed by atoms with Crippen molar-refractivity contribution in [3.63, 3.8) is 0 Å². The van der Waals surface area contributed by atoms with E-state index in [0.29, 0.717) is 35.7 Å². The maximum Gasteiger partial charge on any atom is 0.356 e. The zero-order valence-corrected chi connectivity index (χ0v) is 17.5. The van der Waals surface area contributed by atoms with Crippen molar-refractivity contribution in [3.05, 3.63) is 69.1 Å². The fourth-order valence-electron chi connectivity index (χ4n) is 3.52. The lowest BCUT2D eigenvalue weighted by atomic mass is 9.92. The Balaban J connectivity index is 2.16. The van der Waals surface area contributed by atoms with E-state index < -0.39 is 5.97 Å². The molecule has 1 aliphatic rings. The van der Waals surface area contributed by atoms with Crippen molar-refractivity contribution in [1.82, 2.24) is 9.47 Å². The molecule has 1 aliphatic carbocycles. The Morgan fingerprint density at radius 1 is 1.25 bits per heavy atom. The molecule has 0 unspecified atom stereocenters. The van der Waals surface area contributed by atoms with Gasteiger partial charge in [-0.1, -0.05) is 41.4 Å². The number of nitrogens with zero attached hydrogens (tertiary/aromatic N) is 2. The first-order chi connectivity index (χ1) is 13.3. The van der Waals surface area contributed by atoms with E-state index in [2.05, 4.69) is 0 Å². The van der Waals surface area contributed by atoms with Crippen molar-refractivity contribution in [2.45, 2.75) is 33.2 Å². The topological polar surface area (TPSA) is 51.5 Å². The third-order valence-corrected chi connectivity index (χ3v) is 5.20. The average molecular weight is 401 g/mol. The minimum atomic E-state index is -0.500. The van der Waals surface area contributed by atoms with Crippen molar-refractivity contribution in [2.75, 3.05) is 20.7 Å². The van der Waals surface area contributed by atoms with Gasteiger partial charge in [0.25, 0.3) is 0 Å². The molecule has 0 saturated heterocycles. The highest BCUT2D eigenvalue weighted by Crippen LogP contribution is 2.36. The van der Waals surface area contributed by atoms with Crippen LogP contribution in [0.2, 0.25) is 5.02 Å². The first-order valence-electron chi connectivity index (χ1n) is 9.38. The van der Waals surface area contributed by atoms with E-state index in [1.807, 2.05) is 56.4 Å². The number of benzene rings is 1. The lowest BCUT2D eigenvalue weighted by molar-refractivity contribution is 0.0514. The van der Waals surface area contributed by atoms with Crippen LogP contribution in [-0.4, -0.2) is 41.9 Å². The number of aryl methyl sites for hydroxylation is 1. The van der Waals surface area contributed by atoms with E-state index >= 15 is 0 Å². The minimum Gasteiger partial charge on any atom is -0.461 e. The predicted molar refractivity (Wildman–Crippen MR) is 110 cm³/mol. The van der Waals surface area contributed by atoms with Crippen LogP contribution in [0.4, 0.5) is 0 Å². The first-order valence-corrected chi connectivity index (χ1v) is 9.76. The molecule has 3 rings (SSSR count). The molecule has 0 spiro atoms. The summed E-state index contributed by atoms with van der Waals surface area (Å²) in [7, 11) is 3.77. The lowest BCUT2D eigenvalue weighted by Crippen LogP contribution is -2.22. The Kier molecular flexibility index (Phi) is 5.94. The second-order valence-corrected chi connectivity index (χ2v) is 7.61. The largest absolute Gasteiger partial charge is 0.461 e. The third kappa shape index (κ3) is 3.85. The number of carbonyl (C=O) groups is 2. The lowest BCUT2D eigenvalue weighted by Gasteiger charge is -2.19. The van der Waals surface area contributed by atoms with Crippen LogP contribution in [-0.2, 0) is 17.7 Å². The Morgan fingerprint density at radius 2 is 1.93 bits per heavy atom. The van der Waals surface area contributed by atoms with Gasteiger partial charge in [-0.15, -0.1) is 0 Å². The maximum absolute atomic E-state index is 13.2. The van der Waals surface area contributed by atoms with Crippen LogP contribution in [0.1, 0.15) is 51.0 Å². The second kappa shape index (κ2) is 8.23. The van der Waals surface area contributed by atoms with Crippen LogP contribution in [0.3, 0.4) is 0 Å². The Morgan fingerprint density at radius 3 is 2.54 bits per heavy atom. The van der Waals surface area contributed by atoms with Gasteiger partial charge in [0.15, 0.2) is 0 Å². The maximum atomic E-state index is 13.2. The number of fused-ring (bicyclic) bond motifs is 1. The van der Waals surface area contributed by atoms with Crippen LogP contribution in [0, 0.1) is 6.92 Å². The molecule has 148 valence electrons. The number of ketones is 1. The number of halogens is 1. The molecule has 6 heteroatoms. The van der Waals surface area contributed by atoms with Crippen LogP contribution >= 0.6 is 11.6 Å². The van der Waals surface area contributed by atoms with Crippen LogP contribution in [0.15, 0.2) is 36.0 Å². The number of ether oxygens (including phenoxy) is 1. The number of carbonyl (C=O) groups excluding carboxylic acids is 2. The van der Waals surface area contributed by atoms with Crippen LogP contribution in [0.5, 0.6) is 0 Å². The van der Waals surface area contributed by atoms with E-state index in [1.54, 1.807) is 11.5 Å². The van der Waals surface area contributed by atoms with Gasteiger partial charge in [0.2, 0.25) is 5.78 Å². The highest BCUT2D eigenvalue weighted by Gasteiger charge is 2.34. The summed E-state index contributed by atoms with van der Waals surface area (Å²) < 4.78 is 6.96. The average Bonchev–Trinajstić information content (AvgIpc) is 2.92. The van der Waals surface area contributed by atoms with Crippen molar-refractivity contribution in [3.8, 4) is 0 Å². The summed E-state index contributed by atoms with van der Waals surface area (Å²) in [6.45, 7) is 4.39. The SMILES string of the molecule is CCOC(=O)c1c(Cl)c2c(n1Cc1ccc(C)cc1)C(=O)C(=CN(C)C)CC2. The molecular formula is C22H25ClN2O3. The molecule has 1 heterocycles. The summed E-state index contributed by atoms with van der Waals surface area (Å²) >= 11 is 6.58. The highest BCUT2D eigenvalue weighted by atomic mass is 35.5. The highest BCUT2D eigenvalue weighted by molar-refractivity contribution is 6.35. The van der Waals surface area contributed by atoms with Gasteiger partial charge in [0.05, 0.1) is 17.3 Å². The van der Waals surface area contributed by atoms with Gasteiger partial charge in [-0.2, -0.15) is 0 Å². The molecule has 1 aromatic heterocycles. The van der Waals surface area contributed by atoms with E-state index in [9.17, 15) is 9.59 Å². The number of allylic oxidation sites excluding steroid dienone is 1. The smallest absolute Gasteiger partial charge is 0.356 e. The van der Waals surface area contributed by atoms with E-state index in [-0.39, 0.29) is 18.1 Å². The molecule has 0 saturated carbocycles. The third-order valence-electron chi connectivity index (χ3n) is 4.79. The fourth-order valence-corrected chi connectivity index (χ4v) is 3.88. The van der Waals surface area contributed by atoms with Crippen LogP contribution < -0.4 is 0 Å². The van der Waals surface area contributed by atoms with Gasteiger partial charge in [0.1, 0.15) is 5.69 Å². The standard InChI is InChI=1S/C22H25ClN2O3/c1-5-28-22(27)20-18(23)17-11-10-16(13-24(3)4)21(26)19(17)25(20)12-15-8-6-14(2)7-9-15/h6-9,13H,5,10-12H2,1-4H3. The Labute approximate surface area is 170 Å². The minimum absolute atomic E-state index is 0.0838. The van der Waals surface area contributed by atoms with Crippen molar-refractivity contribution >= 4 is 23.4 Å². The number of esters is 1. The van der Waals surface area contributed by atoms with Crippen molar-refractivity contribution < 1.29 is 14.3 Å². The summed E-state index contributed by atoms with van der Waals surface area (Å²) in [4.78, 5) is 27.8. The summed E-state index contributed by atoms with van der Waals surface area (Å²) in [6.07, 6.45) is 3.06. The van der Waals surface area contributed by atoms with Crippen LogP contribution in [0.25, 0.3) is 0 Å². The fraction of sp³-hybridized carbons (Fsp3) is 0.364. The molecule has 0 radical (unpaired) electrons. The predicted octanol–water partition coefficient (Wildman–Crippen LogP) is 4.25. The van der Waals surface area contributed by atoms with Gasteiger partial charge in [-0.3, -0.25) is 4.79 Å². The summed E-state index contributed by atoms with van der Waals surface area (Å²) in [5.74, 6) is -0.584. The second-order valence-electron chi connectivity index (χ2n) is 7.23. The molecule has 5 nitrogen and oxygen atoms in total. The monoisotopic (exact) mass is 400 g/mol. The van der Waals surface area contributed by atoms with Gasteiger partial charge >= 0.3 is 5.97 Å². The molecule has 28 heavy (non-hydrogen) atoms. The molecular weight excluding hydrogens is 376 g/mol. The summed E-state index contributed by atoms with van der Waals surface area (Å²) in [5, 5.41) is 0.331. The number of hydrogen-bond acceptors (Lipinski definition) is 4. The van der Waals surface area contributed by atoms with Gasteiger partial charge in [-0.05, 0) is 32.3 Å². The Hall–Kier alpha value is -2.53. The van der Waals surface area contributed by atoms with Gasteiger partial charge < -0.3 is 14.2 Å². The Bertz CT molecular complexity index is 940. The normalized spacial score (nSPS) is 14.9. The van der Waals surface area contributed by atoms with Gasteiger partial charge in [-0.25, -0.2) is 4.79 Å². The van der Waals surface area contributed by atoms with Crippen molar-refractivity contribution in [1.29, 1.82) is 0 Å². The van der Waals surface area contributed by atoms with Gasteiger partial charge in [0, 0.05) is 38.0 Å².